The minimum absolute atomic E-state index is 0.158. The van der Waals surface area contributed by atoms with Crippen LogP contribution >= 0.6 is 0 Å². The standard InChI is InChI=1S/C24H24N4O4/c1-32-12-11-27-19-6-3-2-5-15(19)13-21(27)23(30)25-16-8-9-18-17(14-16)24(31)28-10-4-7-20(28)22(29)26-18/h2-3,5-6,8-9,13-14,20H,4,7,10-12H2,1H3,(H,25,30)(H,26,29)/t20-/m0/s1. The smallest absolute Gasteiger partial charge is 0.272 e. The molecule has 2 aliphatic rings. The van der Waals surface area contributed by atoms with Crippen molar-refractivity contribution in [2.45, 2.75) is 25.4 Å². The molecular weight excluding hydrogens is 408 g/mol. The van der Waals surface area contributed by atoms with Crippen LogP contribution in [-0.2, 0) is 16.1 Å². The van der Waals surface area contributed by atoms with Crippen molar-refractivity contribution in [2.24, 2.45) is 0 Å². The van der Waals surface area contributed by atoms with Gasteiger partial charge in [0.1, 0.15) is 11.7 Å². The second-order valence-electron chi connectivity index (χ2n) is 8.09. The number of ether oxygens (including phenoxy) is 1. The van der Waals surface area contributed by atoms with Crippen molar-refractivity contribution in [1.29, 1.82) is 0 Å². The van der Waals surface area contributed by atoms with Crippen molar-refractivity contribution in [3.63, 3.8) is 0 Å². The Bertz CT molecular complexity index is 1230. The number of fused-ring (bicyclic) bond motifs is 3. The van der Waals surface area contributed by atoms with E-state index in [0.29, 0.717) is 48.7 Å². The minimum atomic E-state index is -0.426. The van der Waals surface area contributed by atoms with Crippen molar-refractivity contribution in [1.82, 2.24) is 9.47 Å². The average molecular weight is 432 g/mol. The molecule has 0 saturated carbocycles. The van der Waals surface area contributed by atoms with Crippen LogP contribution in [0.25, 0.3) is 10.9 Å². The lowest BCUT2D eigenvalue weighted by Crippen LogP contribution is -2.40. The van der Waals surface area contributed by atoms with E-state index in [1.165, 1.54) is 0 Å². The third-order valence-electron chi connectivity index (χ3n) is 6.14. The highest BCUT2D eigenvalue weighted by atomic mass is 16.5. The quantitative estimate of drug-likeness (QED) is 0.648. The first-order valence-electron chi connectivity index (χ1n) is 10.7. The molecule has 0 aliphatic carbocycles. The van der Waals surface area contributed by atoms with E-state index in [1.807, 2.05) is 34.9 Å². The van der Waals surface area contributed by atoms with Crippen molar-refractivity contribution < 1.29 is 19.1 Å². The normalized spacial score (nSPS) is 17.7. The molecule has 0 unspecified atom stereocenters. The molecule has 1 fully saturated rings. The summed E-state index contributed by atoms with van der Waals surface area (Å²) in [4.78, 5) is 40.3. The van der Waals surface area contributed by atoms with Crippen LogP contribution in [0.15, 0.2) is 48.5 Å². The van der Waals surface area contributed by atoms with Crippen LogP contribution < -0.4 is 10.6 Å². The van der Waals surface area contributed by atoms with E-state index < -0.39 is 6.04 Å². The van der Waals surface area contributed by atoms with Crippen LogP contribution in [-0.4, -0.2) is 53.5 Å². The summed E-state index contributed by atoms with van der Waals surface area (Å²) in [5.74, 6) is -0.624. The lowest BCUT2D eigenvalue weighted by Gasteiger charge is -2.20. The van der Waals surface area contributed by atoms with Crippen LogP contribution in [0.3, 0.4) is 0 Å². The van der Waals surface area contributed by atoms with Gasteiger partial charge in [-0.1, -0.05) is 18.2 Å². The number of nitrogens with one attached hydrogen (secondary N) is 2. The number of hydrogen-bond donors (Lipinski definition) is 2. The molecule has 2 aromatic carbocycles. The molecule has 3 aromatic rings. The van der Waals surface area contributed by atoms with Gasteiger partial charge in [0, 0.05) is 36.8 Å². The monoisotopic (exact) mass is 432 g/mol. The maximum absolute atomic E-state index is 13.2. The fourth-order valence-corrected chi connectivity index (χ4v) is 4.58. The number of para-hydroxylation sites is 1. The van der Waals surface area contributed by atoms with E-state index in [2.05, 4.69) is 10.6 Å². The van der Waals surface area contributed by atoms with E-state index in [-0.39, 0.29) is 17.7 Å². The van der Waals surface area contributed by atoms with Gasteiger partial charge in [0.05, 0.1) is 17.9 Å². The molecule has 8 nitrogen and oxygen atoms in total. The van der Waals surface area contributed by atoms with Gasteiger partial charge >= 0.3 is 0 Å². The summed E-state index contributed by atoms with van der Waals surface area (Å²) in [6.45, 7) is 1.58. The second kappa shape index (κ2) is 8.12. The summed E-state index contributed by atoms with van der Waals surface area (Å²) in [5, 5.41) is 6.73. The highest BCUT2D eigenvalue weighted by Gasteiger charge is 2.38. The molecular formula is C24H24N4O4. The van der Waals surface area contributed by atoms with Crippen LogP contribution in [0.1, 0.15) is 33.7 Å². The molecule has 164 valence electrons. The predicted molar refractivity (Wildman–Crippen MR) is 121 cm³/mol. The Morgan fingerprint density at radius 1 is 1.19 bits per heavy atom. The Morgan fingerprint density at radius 2 is 2.03 bits per heavy atom. The number of carbonyl (C=O) groups excluding carboxylic acids is 3. The Balaban J connectivity index is 1.46. The van der Waals surface area contributed by atoms with Crippen molar-refractivity contribution in [3.8, 4) is 0 Å². The second-order valence-corrected chi connectivity index (χ2v) is 8.09. The number of carbonyl (C=O) groups is 3. The molecule has 3 heterocycles. The van der Waals surface area contributed by atoms with Crippen molar-refractivity contribution >= 4 is 40.0 Å². The summed E-state index contributed by atoms with van der Waals surface area (Å²) in [7, 11) is 1.63. The van der Waals surface area contributed by atoms with Gasteiger partial charge in [0.2, 0.25) is 5.91 Å². The van der Waals surface area contributed by atoms with Gasteiger partial charge < -0.3 is 24.8 Å². The zero-order chi connectivity index (χ0) is 22.2. The average Bonchev–Trinajstić information content (AvgIpc) is 3.41. The largest absolute Gasteiger partial charge is 0.383 e. The molecule has 32 heavy (non-hydrogen) atoms. The zero-order valence-electron chi connectivity index (χ0n) is 17.8. The fourth-order valence-electron chi connectivity index (χ4n) is 4.58. The Morgan fingerprint density at radius 3 is 2.88 bits per heavy atom. The molecule has 2 aliphatic heterocycles. The molecule has 8 heteroatoms. The predicted octanol–water partition coefficient (Wildman–Crippen LogP) is 3.10. The molecule has 0 radical (unpaired) electrons. The van der Waals surface area contributed by atoms with Crippen LogP contribution in [0.2, 0.25) is 0 Å². The summed E-state index contributed by atoms with van der Waals surface area (Å²) in [6, 6.07) is 14.2. The summed E-state index contributed by atoms with van der Waals surface area (Å²) >= 11 is 0. The SMILES string of the molecule is COCCn1c(C(=O)Nc2ccc3c(c2)C(=O)N2CCC[C@H]2C(=O)N3)cc2ccccc21. The topological polar surface area (TPSA) is 92.7 Å². The molecule has 5 rings (SSSR count). The number of aromatic nitrogens is 1. The maximum Gasteiger partial charge on any atom is 0.272 e. The molecule has 0 spiro atoms. The van der Waals surface area contributed by atoms with Gasteiger partial charge in [-0.2, -0.15) is 0 Å². The first kappa shape index (κ1) is 20.3. The number of benzene rings is 2. The van der Waals surface area contributed by atoms with Crippen LogP contribution in [0, 0.1) is 0 Å². The molecule has 0 bridgehead atoms. The van der Waals surface area contributed by atoms with Crippen LogP contribution in [0.4, 0.5) is 11.4 Å². The van der Waals surface area contributed by atoms with Crippen molar-refractivity contribution in [2.75, 3.05) is 30.9 Å². The molecule has 1 saturated heterocycles. The molecule has 3 amide bonds. The van der Waals surface area contributed by atoms with Gasteiger partial charge in [0.15, 0.2) is 0 Å². The van der Waals surface area contributed by atoms with Gasteiger partial charge in [-0.15, -0.1) is 0 Å². The minimum Gasteiger partial charge on any atom is -0.383 e. The van der Waals surface area contributed by atoms with E-state index in [1.54, 1.807) is 30.2 Å². The highest BCUT2D eigenvalue weighted by molar-refractivity contribution is 6.12. The number of nitrogens with zero attached hydrogens (tertiary/aromatic N) is 2. The molecule has 2 N–H and O–H groups in total. The van der Waals surface area contributed by atoms with Gasteiger partial charge in [-0.3, -0.25) is 14.4 Å². The Kier molecular flexibility index (Phi) is 5.14. The van der Waals surface area contributed by atoms with Gasteiger partial charge in [-0.05, 0) is 43.2 Å². The number of amides is 3. The first-order valence-corrected chi connectivity index (χ1v) is 10.7. The first-order chi connectivity index (χ1) is 15.6. The van der Waals surface area contributed by atoms with E-state index in [4.69, 9.17) is 4.74 Å². The Labute approximate surface area is 185 Å². The third kappa shape index (κ3) is 3.42. The zero-order valence-corrected chi connectivity index (χ0v) is 17.8. The highest BCUT2D eigenvalue weighted by Crippen LogP contribution is 2.31. The number of rotatable bonds is 5. The summed E-state index contributed by atoms with van der Waals surface area (Å²) in [5.41, 5.74) is 2.83. The van der Waals surface area contributed by atoms with E-state index in [9.17, 15) is 14.4 Å². The van der Waals surface area contributed by atoms with Gasteiger partial charge in [0.25, 0.3) is 11.8 Å². The summed E-state index contributed by atoms with van der Waals surface area (Å²) < 4.78 is 7.15. The lowest BCUT2D eigenvalue weighted by molar-refractivity contribution is -0.119. The number of hydrogen-bond acceptors (Lipinski definition) is 4. The van der Waals surface area contributed by atoms with Crippen LogP contribution in [0.5, 0.6) is 0 Å². The van der Waals surface area contributed by atoms with E-state index in [0.717, 1.165) is 17.3 Å². The summed E-state index contributed by atoms with van der Waals surface area (Å²) in [6.07, 6.45) is 1.47. The number of anilines is 2. The lowest BCUT2D eigenvalue weighted by atomic mass is 10.1. The maximum atomic E-state index is 13.2. The number of methoxy groups -OCH3 is 1. The molecule has 1 aromatic heterocycles. The third-order valence-corrected chi connectivity index (χ3v) is 6.14. The van der Waals surface area contributed by atoms with Gasteiger partial charge in [-0.25, -0.2) is 0 Å². The Hall–Kier alpha value is -3.65. The van der Waals surface area contributed by atoms with Crippen molar-refractivity contribution in [3.05, 3.63) is 59.8 Å². The van der Waals surface area contributed by atoms with E-state index >= 15 is 0 Å². The fraction of sp³-hybridized carbons (Fsp3) is 0.292. The molecule has 1 atom stereocenters.